The summed E-state index contributed by atoms with van der Waals surface area (Å²) in [4.78, 5) is 0. The first-order valence-electron chi connectivity index (χ1n) is 6.01. The highest BCUT2D eigenvalue weighted by atomic mass is 19.4. The number of ether oxygens (including phenoxy) is 1. The van der Waals surface area contributed by atoms with Gasteiger partial charge < -0.3 is 15.2 Å². The summed E-state index contributed by atoms with van der Waals surface area (Å²) in [5, 5.41) is 21.0. The third kappa shape index (κ3) is 4.72. The van der Waals surface area contributed by atoms with Gasteiger partial charge in [0, 0.05) is 6.54 Å². The molecule has 0 heterocycles. The maximum Gasteiger partial charge on any atom is 0.420 e. The zero-order chi connectivity index (χ0) is 15.2. The molecule has 0 aliphatic heterocycles. The highest BCUT2D eigenvalue weighted by molar-refractivity contribution is 5.43. The van der Waals surface area contributed by atoms with Crippen LogP contribution in [0.4, 0.5) is 13.2 Å². The number of benzene rings is 1. The molecule has 1 unspecified atom stereocenters. The van der Waals surface area contributed by atoms with Crippen LogP contribution in [0.5, 0.6) is 5.75 Å². The maximum atomic E-state index is 12.8. The Morgan fingerprint density at radius 2 is 2.15 bits per heavy atom. The number of hydrogen-bond donors (Lipinski definition) is 2. The molecule has 4 nitrogen and oxygen atoms in total. The van der Waals surface area contributed by atoms with Crippen LogP contribution < -0.4 is 10.1 Å². The largest absolute Gasteiger partial charge is 0.490 e. The van der Waals surface area contributed by atoms with Gasteiger partial charge in [0.1, 0.15) is 18.5 Å². The molecular weight excluding hydrogens is 273 g/mol. The molecule has 0 aliphatic rings. The fourth-order valence-corrected chi connectivity index (χ4v) is 1.50. The summed E-state index contributed by atoms with van der Waals surface area (Å²) in [7, 11) is 0. The SMILES string of the molecule is CCNCC(O)COc1ccc(C#N)cc1C(F)(F)F. The minimum absolute atomic E-state index is 0.0992. The number of alkyl halides is 3. The van der Waals surface area contributed by atoms with Crippen LogP contribution >= 0.6 is 0 Å². The smallest absolute Gasteiger partial charge is 0.420 e. The van der Waals surface area contributed by atoms with Gasteiger partial charge in [0.25, 0.3) is 0 Å². The van der Waals surface area contributed by atoms with Crippen LogP contribution in [0.15, 0.2) is 18.2 Å². The van der Waals surface area contributed by atoms with Crippen LogP contribution in [-0.4, -0.2) is 30.9 Å². The fourth-order valence-electron chi connectivity index (χ4n) is 1.50. The molecule has 20 heavy (non-hydrogen) atoms. The van der Waals surface area contributed by atoms with E-state index in [1.54, 1.807) is 6.07 Å². The molecule has 2 N–H and O–H groups in total. The second-order valence-electron chi connectivity index (χ2n) is 4.09. The minimum atomic E-state index is -4.62. The van der Waals surface area contributed by atoms with E-state index in [0.29, 0.717) is 6.54 Å². The van der Waals surface area contributed by atoms with E-state index in [4.69, 9.17) is 10.00 Å². The van der Waals surface area contributed by atoms with Gasteiger partial charge in [0.2, 0.25) is 0 Å². The van der Waals surface area contributed by atoms with Gasteiger partial charge in [-0.2, -0.15) is 18.4 Å². The molecule has 0 spiro atoms. The predicted molar refractivity (Wildman–Crippen MR) is 66.2 cm³/mol. The van der Waals surface area contributed by atoms with E-state index in [1.165, 1.54) is 6.07 Å². The number of aliphatic hydroxyl groups excluding tert-OH is 1. The van der Waals surface area contributed by atoms with E-state index >= 15 is 0 Å². The van der Waals surface area contributed by atoms with E-state index in [-0.39, 0.29) is 18.7 Å². The van der Waals surface area contributed by atoms with Crippen LogP contribution in [0.25, 0.3) is 0 Å². The van der Waals surface area contributed by atoms with Gasteiger partial charge >= 0.3 is 6.18 Å². The molecule has 0 saturated heterocycles. The fraction of sp³-hybridized carbons (Fsp3) is 0.462. The van der Waals surface area contributed by atoms with Crippen molar-refractivity contribution >= 4 is 0 Å². The third-order valence-corrected chi connectivity index (χ3v) is 2.48. The molecule has 0 aliphatic carbocycles. The molecule has 0 bridgehead atoms. The topological polar surface area (TPSA) is 65.3 Å². The number of nitrogens with zero attached hydrogens (tertiary/aromatic N) is 1. The van der Waals surface area contributed by atoms with Gasteiger partial charge in [0.05, 0.1) is 17.2 Å². The number of hydrogen-bond acceptors (Lipinski definition) is 4. The summed E-state index contributed by atoms with van der Waals surface area (Å²) in [5.41, 5.74) is -1.12. The molecule has 0 saturated carbocycles. The second kappa shape index (κ2) is 7.12. The second-order valence-corrected chi connectivity index (χ2v) is 4.09. The summed E-state index contributed by atoms with van der Waals surface area (Å²) in [6.07, 6.45) is -5.53. The zero-order valence-corrected chi connectivity index (χ0v) is 10.9. The Morgan fingerprint density at radius 1 is 1.45 bits per heavy atom. The van der Waals surface area contributed by atoms with Crippen molar-refractivity contribution in [1.82, 2.24) is 5.32 Å². The van der Waals surface area contributed by atoms with E-state index in [0.717, 1.165) is 12.1 Å². The van der Waals surface area contributed by atoms with Crippen molar-refractivity contribution in [3.8, 4) is 11.8 Å². The Hall–Kier alpha value is -1.78. The zero-order valence-electron chi connectivity index (χ0n) is 10.9. The van der Waals surface area contributed by atoms with Crippen molar-refractivity contribution in [1.29, 1.82) is 5.26 Å². The summed E-state index contributed by atoms with van der Waals surface area (Å²) < 4.78 is 43.5. The molecular formula is C13H15F3N2O2. The number of nitriles is 1. The van der Waals surface area contributed by atoms with Crippen molar-refractivity contribution in [3.05, 3.63) is 29.3 Å². The highest BCUT2D eigenvalue weighted by Crippen LogP contribution is 2.36. The van der Waals surface area contributed by atoms with Crippen LogP contribution in [0.1, 0.15) is 18.1 Å². The molecule has 7 heteroatoms. The quantitative estimate of drug-likeness (QED) is 0.839. The number of aliphatic hydroxyl groups is 1. The van der Waals surface area contributed by atoms with E-state index in [9.17, 15) is 18.3 Å². The Labute approximate surface area is 114 Å². The summed E-state index contributed by atoms with van der Waals surface area (Å²) in [6, 6.07) is 4.69. The predicted octanol–water partition coefficient (Wildman–Crippen LogP) is 1.93. The van der Waals surface area contributed by atoms with Gasteiger partial charge in [-0.1, -0.05) is 6.92 Å². The molecule has 0 radical (unpaired) electrons. The van der Waals surface area contributed by atoms with E-state index < -0.39 is 23.6 Å². The third-order valence-electron chi connectivity index (χ3n) is 2.48. The van der Waals surface area contributed by atoms with Gasteiger partial charge in [0.15, 0.2) is 0 Å². The normalized spacial score (nSPS) is 12.8. The number of likely N-dealkylation sites (N-methyl/N-ethyl adjacent to an activating group) is 1. The molecule has 1 rings (SSSR count). The Balaban J connectivity index is 2.82. The van der Waals surface area contributed by atoms with Crippen LogP contribution in [0, 0.1) is 11.3 Å². The summed E-state index contributed by atoms with van der Waals surface area (Å²) in [5.74, 6) is -0.396. The van der Waals surface area contributed by atoms with Crippen molar-refractivity contribution < 1.29 is 23.0 Å². The number of nitrogens with one attached hydrogen (secondary N) is 1. The molecule has 1 atom stereocenters. The lowest BCUT2D eigenvalue weighted by Gasteiger charge is -2.16. The first-order valence-corrected chi connectivity index (χ1v) is 6.01. The average Bonchev–Trinajstić information content (AvgIpc) is 2.41. The van der Waals surface area contributed by atoms with Gasteiger partial charge in [-0.05, 0) is 24.7 Å². The minimum Gasteiger partial charge on any atom is -0.490 e. The van der Waals surface area contributed by atoms with E-state index in [2.05, 4.69) is 5.32 Å². The molecule has 110 valence electrons. The first-order chi connectivity index (χ1) is 9.38. The lowest BCUT2D eigenvalue weighted by Crippen LogP contribution is -2.31. The van der Waals surface area contributed by atoms with Crippen LogP contribution in [0.3, 0.4) is 0 Å². The van der Waals surface area contributed by atoms with Crippen LogP contribution in [0.2, 0.25) is 0 Å². The molecule has 1 aromatic rings. The monoisotopic (exact) mass is 288 g/mol. The standard InChI is InChI=1S/C13H15F3N2O2/c1-2-18-7-10(19)8-20-12-4-3-9(6-17)5-11(12)13(14,15)16/h3-5,10,18-19H,2,7-8H2,1H3. The Bertz CT molecular complexity index is 483. The van der Waals surface area contributed by atoms with Crippen molar-refractivity contribution in [2.45, 2.75) is 19.2 Å². The van der Waals surface area contributed by atoms with Crippen LogP contribution in [-0.2, 0) is 6.18 Å². The van der Waals surface area contributed by atoms with E-state index in [1.807, 2.05) is 6.92 Å². The maximum absolute atomic E-state index is 12.8. The van der Waals surface area contributed by atoms with Gasteiger partial charge in [-0.3, -0.25) is 0 Å². The summed E-state index contributed by atoms with van der Waals surface area (Å²) in [6.45, 7) is 2.45. The Morgan fingerprint density at radius 3 is 2.70 bits per heavy atom. The Kier molecular flexibility index (Phi) is 5.80. The van der Waals surface area contributed by atoms with Crippen molar-refractivity contribution in [2.75, 3.05) is 19.7 Å². The van der Waals surface area contributed by atoms with Crippen molar-refractivity contribution in [3.63, 3.8) is 0 Å². The first kappa shape index (κ1) is 16.3. The average molecular weight is 288 g/mol. The lowest BCUT2D eigenvalue weighted by atomic mass is 10.1. The van der Waals surface area contributed by atoms with Crippen molar-refractivity contribution in [2.24, 2.45) is 0 Å². The van der Waals surface area contributed by atoms with Gasteiger partial charge in [-0.15, -0.1) is 0 Å². The number of rotatable bonds is 6. The molecule has 0 fully saturated rings. The molecule has 0 amide bonds. The molecule has 0 aromatic heterocycles. The van der Waals surface area contributed by atoms with Gasteiger partial charge in [-0.25, -0.2) is 0 Å². The highest BCUT2D eigenvalue weighted by Gasteiger charge is 2.34. The lowest BCUT2D eigenvalue weighted by molar-refractivity contribution is -0.139. The summed E-state index contributed by atoms with van der Waals surface area (Å²) >= 11 is 0. The number of halogens is 3. The molecule has 1 aromatic carbocycles.